The molecule has 0 saturated heterocycles. The Morgan fingerprint density at radius 3 is 2.21 bits per heavy atom. The van der Waals surface area contributed by atoms with Gasteiger partial charge in [0.25, 0.3) is 0 Å². The van der Waals surface area contributed by atoms with Crippen molar-refractivity contribution in [1.82, 2.24) is 0 Å². The van der Waals surface area contributed by atoms with Gasteiger partial charge < -0.3 is 4.74 Å². The molecule has 0 N–H and O–H groups in total. The molecule has 0 aliphatic heterocycles. The second-order valence-corrected chi connectivity index (χ2v) is 7.53. The molecule has 2 aliphatic rings. The molecule has 0 aromatic heterocycles. The number of rotatable bonds is 2. The average molecular weight is 264 g/mol. The summed E-state index contributed by atoms with van der Waals surface area (Å²) in [5.41, 5.74) is 1.58. The molecule has 108 valence electrons. The van der Waals surface area contributed by atoms with Crippen LogP contribution in [0.5, 0.6) is 0 Å². The van der Waals surface area contributed by atoms with Gasteiger partial charge in [0.15, 0.2) is 0 Å². The summed E-state index contributed by atoms with van der Waals surface area (Å²) in [6, 6.07) is 0. The van der Waals surface area contributed by atoms with Crippen molar-refractivity contribution in [2.24, 2.45) is 23.2 Å². The highest BCUT2D eigenvalue weighted by atomic mass is 16.5. The van der Waals surface area contributed by atoms with Gasteiger partial charge in [-0.1, -0.05) is 39.8 Å². The summed E-state index contributed by atoms with van der Waals surface area (Å²) in [6.07, 6.45) is 5.44. The first kappa shape index (κ1) is 14.6. The first-order chi connectivity index (χ1) is 8.79. The molecule has 2 unspecified atom stereocenters. The quantitative estimate of drug-likeness (QED) is 0.547. The van der Waals surface area contributed by atoms with Crippen LogP contribution in [0.25, 0.3) is 0 Å². The fourth-order valence-electron chi connectivity index (χ4n) is 3.35. The molecule has 2 fully saturated rings. The Kier molecular flexibility index (Phi) is 4.08. The monoisotopic (exact) mass is 264 g/mol. The van der Waals surface area contributed by atoms with Crippen molar-refractivity contribution in [1.29, 1.82) is 0 Å². The van der Waals surface area contributed by atoms with E-state index in [2.05, 4.69) is 34.3 Å². The minimum absolute atomic E-state index is 0.0131. The summed E-state index contributed by atoms with van der Waals surface area (Å²) < 4.78 is 5.69. The molecule has 2 heteroatoms. The predicted molar refractivity (Wildman–Crippen MR) is 77.7 cm³/mol. The van der Waals surface area contributed by atoms with Crippen molar-refractivity contribution < 1.29 is 9.53 Å². The van der Waals surface area contributed by atoms with E-state index in [1.807, 2.05) is 0 Å². The molecule has 0 bridgehead atoms. The van der Waals surface area contributed by atoms with E-state index < -0.39 is 0 Å². The third-order valence-electron chi connectivity index (χ3n) is 5.21. The predicted octanol–water partition coefficient (Wildman–Crippen LogP) is 4.35. The van der Waals surface area contributed by atoms with E-state index in [1.165, 1.54) is 18.4 Å². The number of hydrogen-bond donors (Lipinski definition) is 0. The number of carbonyl (C=O) groups excluding carboxylic acids is 1. The van der Waals surface area contributed by atoms with Crippen LogP contribution < -0.4 is 0 Å². The highest BCUT2D eigenvalue weighted by Gasteiger charge is 2.39. The fraction of sp³-hybridized carbons (Fsp3) is 0.824. The fourth-order valence-corrected chi connectivity index (χ4v) is 3.35. The van der Waals surface area contributed by atoms with Gasteiger partial charge in [0.05, 0.1) is 5.92 Å². The van der Waals surface area contributed by atoms with Crippen LogP contribution >= 0.6 is 0 Å². The van der Waals surface area contributed by atoms with Crippen LogP contribution in [0.1, 0.15) is 59.8 Å². The Labute approximate surface area is 117 Å². The van der Waals surface area contributed by atoms with Gasteiger partial charge in [-0.25, -0.2) is 0 Å². The maximum absolute atomic E-state index is 12.1. The van der Waals surface area contributed by atoms with Crippen molar-refractivity contribution in [2.45, 2.75) is 65.9 Å². The third kappa shape index (κ3) is 3.21. The normalized spacial score (nSPS) is 35.7. The number of carbonyl (C=O) groups is 1. The Morgan fingerprint density at radius 2 is 1.79 bits per heavy atom. The summed E-state index contributed by atoms with van der Waals surface area (Å²) in [7, 11) is 0. The highest BCUT2D eigenvalue weighted by Crippen LogP contribution is 2.41. The molecular formula is C17H28O2. The van der Waals surface area contributed by atoms with Crippen molar-refractivity contribution in [3.63, 3.8) is 0 Å². The summed E-state index contributed by atoms with van der Waals surface area (Å²) in [5, 5.41) is 0. The van der Waals surface area contributed by atoms with Crippen molar-refractivity contribution in [3.8, 4) is 0 Å². The van der Waals surface area contributed by atoms with Crippen molar-refractivity contribution >= 4 is 5.97 Å². The van der Waals surface area contributed by atoms with Gasteiger partial charge in [-0.2, -0.15) is 0 Å². The van der Waals surface area contributed by atoms with E-state index in [0.29, 0.717) is 11.3 Å². The van der Waals surface area contributed by atoms with Crippen LogP contribution in [0.3, 0.4) is 0 Å². The lowest BCUT2D eigenvalue weighted by molar-refractivity contribution is -0.159. The average Bonchev–Trinajstić information content (AvgIpc) is 2.34. The molecule has 2 saturated carbocycles. The molecule has 2 nitrogen and oxygen atoms in total. The van der Waals surface area contributed by atoms with E-state index in [0.717, 1.165) is 25.2 Å². The maximum atomic E-state index is 12.1. The molecule has 2 atom stereocenters. The van der Waals surface area contributed by atoms with Gasteiger partial charge in [-0.15, -0.1) is 0 Å². The second kappa shape index (κ2) is 5.30. The van der Waals surface area contributed by atoms with Gasteiger partial charge >= 0.3 is 5.97 Å². The molecule has 0 spiro atoms. The molecule has 2 aliphatic carbocycles. The van der Waals surface area contributed by atoms with Gasteiger partial charge in [-0.3, -0.25) is 4.79 Å². The summed E-state index contributed by atoms with van der Waals surface area (Å²) in [6.45, 7) is 13.0. The van der Waals surface area contributed by atoms with Crippen LogP contribution in [0.4, 0.5) is 0 Å². The zero-order valence-corrected chi connectivity index (χ0v) is 12.9. The van der Waals surface area contributed by atoms with Crippen LogP contribution in [-0.4, -0.2) is 12.1 Å². The molecule has 0 amide bonds. The number of allylic oxidation sites excluding steroid dienone is 1. The van der Waals surface area contributed by atoms with Crippen LogP contribution in [0.15, 0.2) is 12.2 Å². The Hall–Kier alpha value is -0.790. The topological polar surface area (TPSA) is 26.3 Å². The standard InChI is InChI=1S/C17H28O2/c1-11-10-15(12(11)2)16(18)19-14-8-6-13(7-9-14)17(3,4)5/h12-15H,1,6-10H2,2-5H3. The molecule has 0 aromatic rings. The molecule has 2 rings (SSSR count). The lowest BCUT2D eigenvalue weighted by Gasteiger charge is -2.39. The zero-order chi connectivity index (χ0) is 14.2. The third-order valence-corrected chi connectivity index (χ3v) is 5.21. The molecule has 0 aromatic carbocycles. The second-order valence-electron chi connectivity index (χ2n) is 7.53. The van der Waals surface area contributed by atoms with Gasteiger partial charge in [0, 0.05) is 0 Å². The maximum Gasteiger partial charge on any atom is 0.310 e. The van der Waals surface area contributed by atoms with Gasteiger partial charge in [0.2, 0.25) is 0 Å². The molecule has 19 heavy (non-hydrogen) atoms. The van der Waals surface area contributed by atoms with Crippen molar-refractivity contribution in [3.05, 3.63) is 12.2 Å². The minimum atomic E-state index is 0.0131. The van der Waals surface area contributed by atoms with Crippen molar-refractivity contribution in [2.75, 3.05) is 0 Å². The Morgan fingerprint density at radius 1 is 1.21 bits per heavy atom. The van der Waals surface area contributed by atoms with E-state index in [-0.39, 0.29) is 18.0 Å². The zero-order valence-electron chi connectivity index (χ0n) is 12.9. The largest absolute Gasteiger partial charge is 0.462 e. The summed E-state index contributed by atoms with van der Waals surface area (Å²) >= 11 is 0. The van der Waals surface area contributed by atoms with Crippen LogP contribution in [-0.2, 0) is 9.53 Å². The van der Waals surface area contributed by atoms with E-state index >= 15 is 0 Å². The first-order valence-electron chi connectivity index (χ1n) is 7.67. The highest BCUT2D eigenvalue weighted by molar-refractivity contribution is 5.75. The van der Waals surface area contributed by atoms with Gasteiger partial charge in [0.1, 0.15) is 6.10 Å². The Balaban J connectivity index is 1.77. The molecule has 0 radical (unpaired) electrons. The molecular weight excluding hydrogens is 236 g/mol. The Bertz CT molecular complexity index is 356. The van der Waals surface area contributed by atoms with E-state index in [4.69, 9.17) is 4.74 Å². The number of ether oxygens (including phenoxy) is 1. The number of hydrogen-bond acceptors (Lipinski definition) is 2. The van der Waals surface area contributed by atoms with E-state index in [9.17, 15) is 4.79 Å². The van der Waals surface area contributed by atoms with Crippen LogP contribution in [0, 0.1) is 23.2 Å². The summed E-state index contributed by atoms with van der Waals surface area (Å²) in [5.74, 6) is 1.18. The molecule has 0 heterocycles. The number of esters is 1. The SMILES string of the molecule is C=C1CC(C(=O)OC2CCC(C(C)(C)C)CC2)C1C. The first-order valence-corrected chi connectivity index (χ1v) is 7.67. The van der Waals surface area contributed by atoms with E-state index in [1.54, 1.807) is 0 Å². The van der Waals surface area contributed by atoms with Crippen LogP contribution in [0.2, 0.25) is 0 Å². The minimum Gasteiger partial charge on any atom is -0.462 e. The summed E-state index contributed by atoms with van der Waals surface area (Å²) in [4.78, 5) is 12.1. The smallest absolute Gasteiger partial charge is 0.310 e. The lowest BCUT2D eigenvalue weighted by atomic mass is 9.70. The lowest BCUT2D eigenvalue weighted by Crippen LogP contribution is -2.37. The van der Waals surface area contributed by atoms with Gasteiger partial charge in [-0.05, 0) is 49.4 Å².